The number of hydrogen-bond acceptors (Lipinski definition) is 2. The zero-order valence-electron chi connectivity index (χ0n) is 7.52. The molecular weight excluding hydrogens is 158 g/mol. The van der Waals surface area contributed by atoms with Gasteiger partial charge in [0.1, 0.15) is 0 Å². The average Bonchev–Trinajstić information content (AvgIpc) is 2.03. The van der Waals surface area contributed by atoms with Crippen LogP contribution < -0.4 is 5.32 Å². The minimum absolute atomic E-state index is 0.147. The van der Waals surface area contributed by atoms with Crippen LogP contribution in [0.5, 0.6) is 0 Å². The monoisotopic (exact) mass is 175 g/mol. The fourth-order valence-corrected chi connectivity index (χ4v) is 1.69. The molecule has 0 rings (SSSR count). The standard InChI is InChI=1S/C8H17NOS/c1-4-5-11-6-7(2)8(10)9-3/h7H,4-6H2,1-3H3,(H,9,10). The topological polar surface area (TPSA) is 29.1 Å². The highest BCUT2D eigenvalue weighted by molar-refractivity contribution is 7.99. The molecule has 1 amide bonds. The smallest absolute Gasteiger partial charge is 0.223 e. The highest BCUT2D eigenvalue weighted by Crippen LogP contribution is 2.08. The Bertz CT molecular complexity index is 117. The van der Waals surface area contributed by atoms with Crippen LogP contribution in [0.1, 0.15) is 20.3 Å². The van der Waals surface area contributed by atoms with Gasteiger partial charge in [0.05, 0.1) is 0 Å². The van der Waals surface area contributed by atoms with Gasteiger partial charge < -0.3 is 5.32 Å². The summed E-state index contributed by atoms with van der Waals surface area (Å²) in [5.74, 6) is 2.39. The Morgan fingerprint density at radius 3 is 2.73 bits per heavy atom. The molecule has 0 saturated carbocycles. The van der Waals surface area contributed by atoms with E-state index >= 15 is 0 Å². The van der Waals surface area contributed by atoms with E-state index in [2.05, 4.69) is 12.2 Å². The van der Waals surface area contributed by atoms with Crippen LogP contribution in [0.2, 0.25) is 0 Å². The third-order valence-corrected chi connectivity index (χ3v) is 2.84. The molecule has 0 aliphatic heterocycles. The Morgan fingerprint density at radius 1 is 1.64 bits per heavy atom. The van der Waals surface area contributed by atoms with Gasteiger partial charge in [-0.05, 0) is 12.2 Å². The summed E-state index contributed by atoms with van der Waals surface area (Å²) >= 11 is 1.84. The lowest BCUT2D eigenvalue weighted by atomic mass is 10.2. The van der Waals surface area contributed by atoms with E-state index in [0.29, 0.717) is 0 Å². The molecule has 0 aliphatic rings. The number of hydrogen-bond donors (Lipinski definition) is 1. The van der Waals surface area contributed by atoms with Crippen molar-refractivity contribution in [3.05, 3.63) is 0 Å². The number of nitrogens with one attached hydrogen (secondary N) is 1. The van der Waals surface area contributed by atoms with E-state index < -0.39 is 0 Å². The van der Waals surface area contributed by atoms with Crippen molar-refractivity contribution >= 4 is 17.7 Å². The lowest BCUT2D eigenvalue weighted by Gasteiger charge is -2.07. The highest BCUT2D eigenvalue weighted by atomic mass is 32.2. The van der Waals surface area contributed by atoms with Gasteiger partial charge in [0.25, 0.3) is 0 Å². The van der Waals surface area contributed by atoms with Crippen molar-refractivity contribution in [3.63, 3.8) is 0 Å². The van der Waals surface area contributed by atoms with Gasteiger partial charge in [0, 0.05) is 18.7 Å². The second-order valence-electron chi connectivity index (χ2n) is 2.59. The Hall–Kier alpha value is -0.180. The average molecular weight is 175 g/mol. The number of rotatable bonds is 5. The van der Waals surface area contributed by atoms with Crippen LogP contribution in [0.4, 0.5) is 0 Å². The third-order valence-electron chi connectivity index (χ3n) is 1.41. The van der Waals surface area contributed by atoms with Crippen molar-refractivity contribution in [1.82, 2.24) is 5.32 Å². The molecule has 1 N–H and O–H groups in total. The lowest BCUT2D eigenvalue weighted by molar-refractivity contribution is -0.123. The van der Waals surface area contributed by atoms with Gasteiger partial charge in [-0.2, -0.15) is 11.8 Å². The van der Waals surface area contributed by atoms with Gasteiger partial charge in [0.2, 0.25) is 5.91 Å². The molecule has 1 unspecified atom stereocenters. The van der Waals surface area contributed by atoms with Crippen LogP contribution >= 0.6 is 11.8 Å². The van der Waals surface area contributed by atoms with Gasteiger partial charge >= 0.3 is 0 Å². The van der Waals surface area contributed by atoms with Crippen LogP contribution in [0.25, 0.3) is 0 Å². The molecule has 11 heavy (non-hydrogen) atoms. The Balaban J connectivity index is 3.36. The summed E-state index contributed by atoms with van der Waals surface area (Å²) in [6, 6.07) is 0. The number of carbonyl (C=O) groups excluding carboxylic acids is 1. The third kappa shape index (κ3) is 5.13. The summed E-state index contributed by atoms with van der Waals surface area (Å²) in [6.07, 6.45) is 1.19. The first-order valence-electron chi connectivity index (χ1n) is 4.01. The van der Waals surface area contributed by atoms with Crippen molar-refractivity contribution in [2.24, 2.45) is 5.92 Å². The normalized spacial score (nSPS) is 12.6. The first-order chi connectivity index (χ1) is 5.22. The van der Waals surface area contributed by atoms with E-state index in [4.69, 9.17) is 0 Å². The van der Waals surface area contributed by atoms with E-state index in [1.807, 2.05) is 18.7 Å². The molecule has 0 bridgehead atoms. The van der Waals surface area contributed by atoms with Crippen LogP contribution in [-0.4, -0.2) is 24.5 Å². The Kier molecular flexibility index (Phi) is 6.42. The predicted octanol–water partition coefficient (Wildman–Crippen LogP) is 1.51. The molecule has 0 aliphatic carbocycles. The van der Waals surface area contributed by atoms with Crippen molar-refractivity contribution in [2.45, 2.75) is 20.3 Å². The molecule has 1 atom stereocenters. The molecule has 66 valence electrons. The number of amides is 1. The SMILES string of the molecule is CCCSCC(C)C(=O)NC. The molecule has 0 radical (unpaired) electrons. The zero-order chi connectivity index (χ0) is 8.69. The van der Waals surface area contributed by atoms with E-state index in [0.717, 1.165) is 11.5 Å². The second kappa shape index (κ2) is 6.53. The first-order valence-corrected chi connectivity index (χ1v) is 5.17. The molecule has 3 heteroatoms. The van der Waals surface area contributed by atoms with Gasteiger partial charge in [-0.3, -0.25) is 4.79 Å². The first kappa shape index (κ1) is 10.8. The molecule has 0 aromatic carbocycles. The summed E-state index contributed by atoms with van der Waals surface area (Å²) in [6.45, 7) is 4.11. The summed E-state index contributed by atoms with van der Waals surface area (Å²) < 4.78 is 0. The molecular formula is C8H17NOS. The molecule has 0 aromatic heterocycles. The van der Waals surface area contributed by atoms with Gasteiger partial charge in [-0.1, -0.05) is 13.8 Å². The second-order valence-corrected chi connectivity index (χ2v) is 3.74. The van der Waals surface area contributed by atoms with E-state index in [-0.39, 0.29) is 11.8 Å². The quantitative estimate of drug-likeness (QED) is 0.642. The van der Waals surface area contributed by atoms with Gasteiger partial charge in [-0.15, -0.1) is 0 Å². The summed E-state index contributed by atoms with van der Waals surface area (Å²) in [5.41, 5.74) is 0. The molecule has 0 fully saturated rings. The highest BCUT2D eigenvalue weighted by Gasteiger charge is 2.09. The summed E-state index contributed by atoms with van der Waals surface area (Å²) in [7, 11) is 1.68. The minimum atomic E-state index is 0.147. The fraction of sp³-hybridized carbons (Fsp3) is 0.875. The molecule has 0 heterocycles. The van der Waals surface area contributed by atoms with Gasteiger partial charge in [0.15, 0.2) is 0 Å². The van der Waals surface area contributed by atoms with E-state index in [1.54, 1.807) is 7.05 Å². The maximum absolute atomic E-state index is 11.0. The Morgan fingerprint density at radius 2 is 2.27 bits per heavy atom. The fourth-order valence-electron chi connectivity index (χ4n) is 0.727. The van der Waals surface area contributed by atoms with Gasteiger partial charge in [-0.25, -0.2) is 0 Å². The largest absolute Gasteiger partial charge is 0.359 e. The number of thioether (sulfide) groups is 1. The van der Waals surface area contributed by atoms with Crippen molar-refractivity contribution in [1.29, 1.82) is 0 Å². The van der Waals surface area contributed by atoms with Crippen molar-refractivity contribution in [2.75, 3.05) is 18.6 Å². The van der Waals surface area contributed by atoms with Crippen LogP contribution in [0, 0.1) is 5.92 Å². The summed E-state index contributed by atoms with van der Waals surface area (Å²) in [5, 5.41) is 2.64. The van der Waals surface area contributed by atoms with Crippen molar-refractivity contribution in [3.8, 4) is 0 Å². The molecule has 0 aromatic rings. The Labute approximate surface area is 73.1 Å². The minimum Gasteiger partial charge on any atom is -0.359 e. The molecule has 0 spiro atoms. The summed E-state index contributed by atoms with van der Waals surface area (Å²) in [4.78, 5) is 11.0. The zero-order valence-corrected chi connectivity index (χ0v) is 8.33. The number of carbonyl (C=O) groups is 1. The maximum atomic E-state index is 11.0. The molecule has 0 saturated heterocycles. The van der Waals surface area contributed by atoms with E-state index in [9.17, 15) is 4.79 Å². The molecule has 2 nitrogen and oxygen atoms in total. The van der Waals surface area contributed by atoms with Crippen LogP contribution in [0.3, 0.4) is 0 Å². The lowest BCUT2D eigenvalue weighted by Crippen LogP contribution is -2.26. The van der Waals surface area contributed by atoms with Crippen LogP contribution in [-0.2, 0) is 4.79 Å². The van der Waals surface area contributed by atoms with Crippen LogP contribution in [0.15, 0.2) is 0 Å². The van der Waals surface area contributed by atoms with Crippen molar-refractivity contribution < 1.29 is 4.79 Å². The van der Waals surface area contributed by atoms with E-state index in [1.165, 1.54) is 6.42 Å². The maximum Gasteiger partial charge on any atom is 0.223 e. The predicted molar refractivity (Wildman–Crippen MR) is 50.8 cm³/mol.